The highest BCUT2D eigenvalue weighted by molar-refractivity contribution is 7.99. The van der Waals surface area contributed by atoms with E-state index in [2.05, 4.69) is 5.32 Å². The second-order valence-electron chi connectivity index (χ2n) is 4.78. The van der Waals surface area contributed by atoms with E-state index in [-0.39, 0.29) is 18.8 Å². The second kappa shape index (κ2) is 9.20. The number of carbonyl (C=O) groups is 2. The van der Waals surface area contributed by atoms with Gasteiger partial charge in [0.05, 0.1) is 11.4 Å². The number of amides is 1. The molecular weight excluding hydrogens is 350 g/mol. The van der Waals surface area contributed by atoms with Gasteiger partial charge in [0, 0.05) is 16.3 Å². The van der Waals surface area contributed by atoms with Gasteiger partial charge in [-0.2, -0.15) is 0 Å². The van der Waals surface area contributed by atoms with Gasteiger partial charge in [0.25, 0.3) is 5.91 Å². The maximum Gasteiger partial charge on any atom is 0.307 e. The fourth-order valence-corrected chi connectivity index (χ4v) is 2.93. The minimum atomic E-state index is -0.449. The molecule has 2 aromatic rings. The van der Waals surface area contributed by atoms with Crippen molar-refractivity contribution in [2.75, 3.05) is 17.7 Å². The minimum absolute atomic E-state index is 0.107. The summed E-state index contributed by atoms with van der Waals surface area (Å²) in [5.41, 5.74) is 0.517. The van der Waals surface area contributed by atoms with E-state index in [0.29, 0.717) is 16.5 Å². The van der Waals surface area contributed by atoms with Crippen molar-refractivity contribution in [3.63, 3.8) is 0 Å². The molecule has 2 rings (SSSR count). The smallest absolute Gasteiger partial charge is 0.307 e. The number of thioether (sulfide) groups is 1. The van der Waals surface area contributed by atoms with Crippen LogP contribution in [-0.2, 0) is 14.3 Å². The number of ether oxygens (including phenoxy) is 1. The predicted molar refractivity (Wildman–Crippen MR) is 94.5 cm³/mol. The summed E-state index contributed by atoms with van der Waals surface area (Å²) in [6.45, 7) is -0.351. The highest BCUT2D eigenvalue weighted by Gasteiger charge is 2.09. The third-order valence-electron chi connectivity index (χ3n) is 2.92. The molecule has 5 nitrogen and oxygen atoms in total. The highest BCUT2D eigenvalue weighted by atomic mass is 35.5. The molecule has 7 heteroatoms. The molecule has 0 fully saturated rings. The summed E-state index contributed by atoms with van der Waals surface area (Å²) < 4.78 is 4.92. The molecule has 0 radical (unpaired) electrons. The van der Waals surface area contributed by atoms with Crippen LogP contribution in [-0.4, -0.2) is 29.3 Å². The Hall–Kier alpha value is -2.18. The molecule has 2 N–H and O–H groups in total. The number of aromatic hydroxyl groups is 1. The third-order valence-corrected chi connectivity index (χ3v) is 4.43. The largest absolute Gasteiger partial charge is 0.508 e. The van der Waals surface area contributed by atoms with Crippen molar-refractivity contribution in [1.82, 2.24) is 0 Å². The molecule has 0 spiro atoms. The molecule has 126 valence electrons. The van der Waals surface area contributed by atoms with Crippen molar-refractivity contribution in [2.24, 2.45) is 0 Å². The summed E-state index contributed by atoms with van der Waals surface area (Å²) in [7, 11) is 0. The molecule has 2 aromatic carbocycles. The molecule has 0 saturated heterocycles. The van der Waals surface area contributed by atoms with Gasteiger partial charge in [0.15, 0.2) is 6.61 Å². The molecular formula is C17H16ClNO4S. The van der Waals surface area contributed by atoms with Crippen molar-refractivity contribution < 1.29 is 19.4 Å². The van der Waals surface area contributed by atoms with Crippen LogP contribution in [0, 0.1) is 0 Å². The SMILES string of the molecule is O=C(COC(=O)CCSc1ccccc1Cl)Nc1ccc(O)cc1. The Morgan fingerprint density at radius 2 is 1.83 bits per heavy atom. The Labute approximate surface area is 149 Å². The van der Waals surface area contributed by atoms with E-state index >= 15 is 0 Å². The molecule has 0 aliphatic rings. The second-order valence-corrected chi connectivity index (χ2v) is 6.33. The zero-order chi connectivity index (χ0) is 17.4. The summed E-state index contributed by atoms with van der Waals surface area (Å²) in [5, 5.41) is 12.4. The van der Waals surface area contributed by atoms with Crippen molar-refractivity contribution in [3.05, 3.63) is 53.6 Å². The van der Waals surface area contributed by atoms with Crippen LogP contribution in [0.2, 0.25) is 5.02 Å². The fourth-order valence-electron chi connectivity index (χ4n) is 1.77. The maximum absolute atomic E-state index is 11.7. The van der Waals surface area contributed by atoms with Crippen LogP contribution in [0.5, 0.6) is 5.75 Å². The molecule has 0 unspecified atom stereocenters. The van der Waals surface area contributed by atoms with Gasteiger partial charge < -0.3 is 15.2 Å². The molecule has 24 heavy (non-hydrogen) atoms. The Kier molecular flexibility index (Phi) is 6.96. The summed E-state index contributed by atoms with van der Waals surface area (Å²) in [6, 6.07) is 13.4. The van der Waals surface area contributed by atoms with E-state index in [0.717, 1.165) is 4.90 Å². The Morgan fingerprint density at radius 1 is 1.12 bits per heavy atom. The van der Waals surface area contributed by atoms with Crippen molar-refractivity contribution in [3.8, 4) is 5.75 Å². The summed E-state index contributed by atoms with van der Waals surface area (Å²) in [6.07, 6.45) is 0.183. The molecule has 0 atom stereocenters. The quantitative estimate of drug-likeness (QED) is 0.444. The van der Waals surface area contributed by atoms with Gasteiger partial charge in [-0.1, -0.05) is 23.7 Å². The first-order valence-electron chi connectivity index (χ1n) is 7.16. The molecule has 0 aliphatic carbocycles. The van der Waals surface area contributed by atoms with E-state index < -0.39 is 11.9 Å². The Morgan fingerprint density at radius 3 is 2.54 bits per heavy atom. The molecule has 0 aromatic heterocycles. The zero-order valence-corrected chi connectivity index (χ0v) is 14.3. The van der Waals surface area contributed by atoms with Gasteiger partial charge in [0.2, 0.25) is 0 Å². The Bertz CT molecular complexity index is 706. The summed E-state index contributed by atoms with van der Waals surface area (Å²) in [5.74, 6) is -0.263. The van der Waals surface area contributed by atoms with Crippen LogP contribution >= 0.6 is 23.4 Å². The maximum atomic E-state index is 11.7. The average Bonchev–Trinajstić information content (AvgIpc) is 2.57. The molecule has 0 saturated carbocycles. The normalized spacial score (nSPS) is 10.2. The average molecular weight is 366 g/mol. The van der Waals surface area contributed by atoms with Crippen molar-refractivity contribution >= 4 is 40.9 Å². The topological polar surface area (TPSA) is 75.6 Å². The monoisotopic (exact) mass is 365 g/mol. The van der Waals surface area contributed by atoms with Crippen LogP contribution in [0.1, 0.15) is 6.42 Å². The van der Waals surface area contributed by atoms with Gasteiger partial charge >= 0.3 is 5.97 Å². The molecule has 1 amide bonds. The van der Waals surface area contributed by atoms with Crippen LogP contribution < -0.4 is 5.32 Å². The van der Waals surface area contributed by atoms with Crippen molar-refractivity contribution in [2.45, 2.75) is 11.3 Å². The standard InChI is InChI=1S/C17H16ClNO4S/c18-14-3-1-2-4-15(14)24-10-9-17(22)23-11-16(21)19-12-5-7-13(20)8-6-12/h1-8,20H,9-11H2,(H,19,21). The van der Waals surface area contributed by atoms with Gasteiger partial charge in [-0.05, 0) is 36.4 Å². The number of anilines is 1. The summed E-state index contributed by atoms with van der Waals surface area (Å²) >= 11 is 7.48. The number of hydrogen-bond acceptors (Lipinski definition) is 5. The lowest BCUT2D eigenvalue weighted by Gasteiger charge is -2.07. The van der Waals surface area contributed by atoms with E-state index in [9.17, 15) is 9.59 Å². The predicted octanol–water partition coefficient (Wildman–Crippen LogP) is 3.71. The number of benzene rings is 2. The van der Waals surface area contributed by atoms with Crippen LogP contribution in [0.25, 0.3) is 0 Å². The first-order chi connectivity index (χ1) is 11.5. The molecule has 0 aliphatic heterocycles. The zero-order valence-electron chi connectivity index (χ0n) is 12.7. The van der Waals surface area contributed by atoms with E-state index in [1.807, 2.05) is 18.2 Å². The number of hydrogen-bond donors (Lipinski definition) is 2. The van der Waals surface area contributed by atoms with Crippen LogP contribution in [0.15, 0.2) is 53.4 Å². The lowest BCUT2D eigenvalue weighted by molar-refractivity contribution is -0.146. The lowest BCUT2D eigenvalue weighted by Crippen LogP contribution is -2.21. The number of halogens is 1. The first-order valence-corrected chi connectivity index (χ1v) is 8.53. The first kappa shape index (κ1) is 18.2. The number of phenolic OH excluding ortho intramolecular Hbond substituents is 1. The minimum Gasteiger partial charge on any atom is -0.508 e. The number of nitrogens with one attached hydrogen (secondary N) is 1. The van der Waals surface area contributed by atoms with E-state index in [4.69, 9.17) is 21.4 Å². The molecule has 0 bridgehead atoms. The number of phenols is 1. The molecule has 0 heterocycles. The third kappa shape index (κ3) is 6.14. The van der Waals surface area contributed by atoms with E-state index in [1.165, 1.54) is 23.9 Å². The van der Waals surface area contributed by atoms with Gasteiger partial charge in [-0.25, -0.2) is 0 Å². The number of esters is 1. The highest BCUT2D eigenvalue weighted by Crippen LogP contribution is 2.26. The van der Waals surface area contributed by atoms with E-state index in [1.54, 1.807) is 18.2 Å². The lowest BCUT2D eigenvalue weighted by atomic mass is 10.3. The van der Waals surface area contributed by atoms with Gasteiger partial charge in [0.1, 0.15) is 5.75 Å². The van der Waals surface area contributed by atoms with Crippen LogP contribution in [0.3, 0.4) is 0 Å². The van der Waals surface area contributed by atoms with Crippen LogP contribution in [0.4, 0.5) is 5.69 Å². The fraction of sp³-hybridized carbons (Fsp3) is 0.176. The number of rotatable bonds is 7. The summed E-state index contributed by atoms with van der Waals surface area (Å²) in [4.78, 5) is 24.2. The Balaban J connectivity index is 1.66. The van der Waals surface area contributed by atoms with Gasteiger partial charge in [-0.15, -0.1) is 11.8 Å². The van der Waals surface area contributed by atoms with Gasteiger partial charge in [-0.3, -0.25) is 9.59 Å². The van der Waals surface area contributed by atoms with Crippen molar-refractivity contribution in [1.29, 1.82) is 0 Å². The number of carbonyl (C=O) groups excluding carboxylic acids is 2.